The number of amides is 1. The van der Waals surface area contributed by atoms with Gasteiger partial charge in [-0.25, -0.2) is 4.79 Å². The van der Waals surface area contributed by atoms with E-state index in [1.165, 1.54) is 7.11 Å². The zero-order valence-electron chi connectivity index (χ0n) is 14.6. The Kier molecular flexibility index (Phi) is 4.72. The van der Waals surface area contributed by atoms with E-state index >= 15 is 0 Å². The highest BCUT2D eigenvalue weighted by Crippen LogP contribution is 2.28. The fourth-order valence-corrected chi connectivity index (χ4v) is 2.89. The molecule has 0 aliphatic rings. The van der Waals surface area contributed by atoms with Crippen LogP contribution in [0.25, 0.3) is 16.4 Å². The lowest BCUT2D eigenvalue weighted by Gasteiger charge is -2.10. The minimum atomic E-state index is -0.387. The van der Waals surface area contributed by atoms with Gasteiger partial charge in [0, 0.05) is 30.2 Å². The van der Waals surface area contributed by atoms with Gasteiger partial charge in [0.2, 0.25) is 0 Å². The predicted molar refractivity (Wildman–Crippen MR) is 97.1 cm³/mol. The number of hydrogen-bond acceptors (Lipinski definition) is 4. The first-order valence-electron chi connectivity index (χ1n) is 8.07. The fourth-order valence-electron chi connectivity index (χ4n) is 2.89. The van der Waals surface area contributed by atoms with Crippen molar-refractivity contribution in [1.82, 2.24) is 14.6 Å². The molecule has 0 bridgehead atoms. The summed E-state index contributed by atoms with van der Waals surface area (Å²) >= 11 is 0. The van der Waals surface area contributed by atoms with Crippen LogP contribution in [0, 0.1) is 0 Å². The Labute approximate surface area is 146 Å². The zero-order chi connectivity index (χ0) is 18.0. The van der Waals surface area contributed by atoms with Crippen LogP contribution in [0.1, 0.15) is 20.7 Å². The minimum Gasteiger partial charge on any atom is -0.465 e. The molecule has 25 heavy (non-hydrogen) atoms. The van der Waals surface area contributed by atoms with Crippen molar-refractivity contribution in [2.45, 2.75) is 0 Å². The van der Waals surface area contributed by atoms with Crippen LogP contribution in [-0.4, -0.2) is 55.5 Å². The maximum Gasteiger partial charge on any atom is 0.340 e. The minimum absolute atomic E-state index is 0.130. The summed E-state index contributed by atoms with van der Waals surface area (Å²) in [4.78, 5) is 26.6. The molecule has 0 aliphatic carbocycles. The molecular formula is C19H21N3O3. The van der Waals surface area contributed by atoms with E-state index in [-0.39, 0.29) is 11.9 Å². The molecule has 1 amide bonds. The lowest BCUT2D eigenvalue weighted by molar-refractivity contribution is 0.0605. The van der Waals surface area contributed by atoms with Gasteiger partial charge in [-0.3, -0.25) is 4.79 Å². The maximum absolute atomic E-state index is 12.4. The van der Waals surface area contributed by atoms with Gasteiger partial charge < -0.3 is 19.4 Å². The van der Waals surface area contributed by atoms with Crippen molar-refractivity contribution in [2.75, 3.05) is 34.3 Å². The molecule has 6 nitrogen and oxygen atoms in total. The number of esters is 1. The summed E-state index contributed by atoms with van der Waals surface area (Å²) in [6.07, 6.45) is 1.87. The average Bonchev–Trinajstić information content (AvgIpc) is 2.94. The Morgan fingerprint density at radius 1 is 1.16 bits per heavy atom. The Hall–Kier alpha value is -2.86. The molecule has 1 aromatic carbocycles. The van der Waals surface area contributed by atoms with Crippen molar-refractivity contribution >= 4 is 28.3 Å². The van der Waals surface area contributed by atoms with E-state index in [0.29, 0.717) is 17.7 Å². The third kappa shape index (κ3) is 3.21. The molecule has 6 heteroatoms. The van der Waals surface area contributed by atoms with E-state index in [1.807, 2.05) is 47.8 Å². The highest BCUT2D eigenvalue weighted by molar-refractivity contribution is 6.12. The molecule has 0 atom stereocenters. The fraction of sp³-hybridized carbons (Fsp3) is 0.263. The smallest absolute Gasteiger partial charge is 0.340 e. The van der Waals surface area contributed by atoms with Crippen LogP contribution in [0.5, 0.6) is 0 Å². The molecule has 0 aliphatic heterocycles. The topological polar surface area (TPSA) is 63.1 Å². The molecule has 0 unspecified atom stereocenters. The molecule has 1 N–H and O–H groups in total. The molecule has 0 radical (unpaired) electrons. The molecule has 0 fully saturated rings. The Balaban J connectivity index is 2.04. The van der Waals surface area contributed by atoms with Gasteiger partial charge in [0.25, 0.3) is 5.91 Å². The van der Waals surface area contributed by atoms with Crippen LogP contribution in [-0.2, 0) is 4.74 Å². The van der Waals surface area contributed by atoms with Crippen LogP contribution < -0.4 is 5.32 Å². The van der Waals surface area contributed by atoms with Crippen molar-refractivity contribution in [3.05, 3.63) is 53.7 Å². The first-order chi connectivity index (χ1) is 12.0. The summed E-state index contributed by atoms with van der Waals surface area (Å²) in [6.45, 7) is 1.35. The molecular weight excluding hydrogens is 318 g/mol. The number of fused-ring (bicyclic) bond motifs is 3. The summed E-state index contributed by atoms with van der Waals surface area (Å²) in [6, 6.07) is 11.0. The second-order valence-electron chi connectivity index (χ2n) is 6.11. The number of methoxy groups -OCH3 is 1. The maximum atomic E-state index is 12.4. The quantitative estimate of drug-likeness (QED) is 0.724. The number of nitrogens with zero attached hydrogens (tertiary/aromatic N) is 2. The summed E-state index contributed by atoms with van der Waals surface area (Å²) in [5, 5.41) is 3.67. The second-order valence-corrected chi connectivity index (χ2v) is 6.11. The van der Waals surface area contributed by atoms with Gasteiger partial charge in [-0.2, -0.15) is 0 Å². The zero-order valence-corrected chi connectivity index (χ0v) is 14.6. The number of nitrogens with one attached hydrogen (secondary N) is 1. The SMILES string of the molecule is COC(=O)c1c2ccc(C(=O)NCCN(C)C)cc2n2ccccc12. The summed E-state index contributed by atoms with van der Waals surface area (Å²) < 4.78 is 6.83. The monoisotopic (exact) mass is 339 g/mol. The second kappa shape index (κ2) is 6.94. The van der Waals surface area contributed by atoms with Gasteiger partial charge >= 0.3 is 5.97 Å². The number of carbonyl (C=O) groups is 2. The summed E-state index contributed by atoms with van der Waals surface area (Å²) in [5.41, 5.74) is 2.63. The largest absolute Gasteiger partial charge is 0.465 e. The first-order valence-corrected chi connectivity index (χ1v) is 8.07. The lowest BCUT2D eigenvalue weighted by Crippen LogP contribution is -2.31. The van der Waals surface area contributed by atoms with Gasteiger partial charge in [0.1, 0.15) is 0 Å². The van der Waals surface area contributed by atoms with Crippen molar-refractivity contribution in [3.8, 4) is 0 Å². The van der Waals surface area contributed by atoms with Gasteiger partial charge in [-0.05, 0) is 38.4 Å². The Morgan fingerprint density at radius 2 is 1.96 bits per heavy atom. The van der Waals surface area contributed by atoms with E-state index in [2.05, 4.69) is 5.32 Å². The molecule has 0 saturated carbocycles. The van der Waals surface area contributed by atoms with Crippen LogP contribution in [0.15, 0.2) is 42.6 Å². The van der Waals surface area contributed by atoms with Crippen LogP contribution >= 0.6 is 0 Å². The molecule has 3 aromatic rings. The standard InChI is InChI=1S/C19H21N3O3/c1-21(2)11-9-20-18(23)13-7-8-14-16(12-13)22-10-5-4-6-15(22)17(14)19(24)25-3/h4-8,10,12H,9,11H2,1-3H3,(H,20,23). The van der Waals surface area contributed by atoms with E-state index in [0.717, 1.165) is 23.0 Å². The number of carbonyl (C=O) groups excluding carboxylic acids is 2. The van der Waals surface area contributed by atoms with Gasteiger partial charge in [-0.1, -0.05) is 12.1 Å². The third-order valence-electron chi connectivity index (χ3n) is 4.14. The van der Waals surface area contributed by atoms with E-state index in [1.54, 1.807) is 18.2 Å². The normalized spacial score (nSPS) is 11.2. The number of rotatable bonds is 5. The van der Waals surface area contributed by atoms with Crippen LogP contribution in [0.3, 0.4) is 0 Å². The van der Waals surface area contributed by atoms with Gasteiger partial charge in [0.05, 0.1) is 23.7 Å². The predicted octanol–water partition coefficient (Wildman–Crippen LogP) is 2.17. The highest BCUT2D eigenvalue weighted by atomic mass is 16.5. The summed E-state index contributed by atoms with van der Waals surface area (Å²) in [5.74, 6) is -0.517. The van der Waals surface area contributed by atoms with E-state index < -0.39 is 0 Å². The summed E-state index contributed by atoms with van der Waals surface area (Å²) in [7, 11) is 5.28. The number of likely N-dealkylation sites (N-methyl/N-ethyl adjacent to an activating group) is 1. The molecule has 0 spiro atoms. The molecule has 130 valence electrons. The number of pyridine rings is 1. The third-order valence-corrected chi connectivity index (χ3v) is 4.14. The van der Waals surface area contributed by atoms with E-state index in [9.17, 15) is 9.59 Å². The number of benzene rings is 1. The van der Waals surface area contributed by atoms with Crippen molar-refractivity contribution in [2.24, 2.45) is 0 Å². The van der Waals surface area contributed by atoms with Crippen LogP contribution in [0.4, 0.5) is 0 Å². The lowest BCUT2D eigenvalue weighted by atomic mass is 10.1. The van der Waals surface area contributed by atoms with Crippen LogP contribution in [0.2, 0.25) is 0 Å². The van der Waals surface area contributed by atoms with E-state index in [4.69, 9.17) is 4.74 Å². The Morgan fingerprint density at radius 3 is 2.68 bits per heavy atom. The van der Waals surface area contributed by atoms with Gasteiger partial charge in [-0.15, -0.1) is 0 Å². The van der Waals surface area contributed by atoms with Crippen molar-refractivity contribution in [3.63, 3.8) is 0 Å². The average molecular weight is 339 g/mol. The Bertz CT molecular complexity index is 944. The van der Waals surface area contributed by atoms with Gasteiger partial charge in [0.15, 0.2) is 0 Å². The molecule has 2 heterocycles. The highest BCUT2D eigenvalue weighted by Gasteiger charge is 2.19. The van der Waals surface area contributed by atoms with Crippen molar-refractivity contribution < 1.29 is 14.3 Å². The first kappa shape index (κ1) is 17.0. The van der Waals surface area contributed by atoms with Crippen molar-refractivity contribution in [1.29, 1.82) is 0 Å². The number of ether oxygens (including phenoxy) is 1. The number of aromatic nitrogens is 1. The molecule has 3 rings (SSSR count). The number of hydrogen-bond donors (Lipinski definition) is 1. The molecule has 2 aromatic heterocycles. The molecule has 0 saturated heterocycles.